The molecule has 0 heterocycles. The molecule has 10 heteroatoms. The van der Waals surface area contributed by atoms with Crippen LogP contribution in [0.15, 0.2) is 60.7 Å². The zero-order chi connectivity index (χ0) is 29.4. The second-order valence-corrected chi connectivity index (χ2v) is 9.20. The maximum atomic E-state index is 12.9. The fourth-order valence-corrected chi connectivity index (χ4v) is 4.04. The molecule has 2 unspecified atom stereocenters. The Kier molecular flexibility index (Phi) is 9.97. The summed E-state index contributed by atoms with van der Waals surface area (Å²) in [6.45, 7) is 6.10. The zero-order valence-corrected chi connectivity index (χ0v) is 22.6. The number of aldehydes is 1. The van der Waals surface area contributed by atoms with Crippen LogP contribution in [0.5, 0.6) is 11.5 Å². The molecule has 0 bridgehead atoms. The molecular formula is C30H29BN2O7. The molecule has 0 aliphatic heterocycles. The first-order chi connectivity index (χ1) is 19.1. The van der Waals surface area contributed by atoms with Gasteiger partial charge in [-0.05, 0) is 72.0 Å². The number of carbonyl (C=O) groups excluding carboxylic acids is 5. The lowest BCUT2D eigenvalue weighted by atomic mass is 9.83. The number of benzene rings is 3. The average Bonchev–Trinajstić information content (AvgIpc) is 2.99. The molecule has 2 amide bonds. The Balaban J connectivity index is 1.75. The molecule has 204 valence electrons. The summed E-state index contributed by atoms with van der Waals surface area (Å²) in [5.74, 6) is -1.70. The maximum absolute atomic E-state index is 12.9. The van der Waals surface area contributed by atoms with Gasteiger partial charge in [-0.1, -0.05) is 33.3 Å². The topological polar surface area (TPSA) is 128 Å². The molecule has 0 saturated heterocycles. The largest absolute Gasteiger partial charge is 0.423 e. The van der Waals surface area contributed by atoms with Gasteiger partial charge in [-0.3, -0.25) is 14.4 Å². The van der Waals surface area contributed by atoms with E-state index in [2.05, 4.69) is 17.5 Å². The monoisotopic (exact) mass is 540 g/mol. The van der Waals surface area contributed by atoms with Crippen molar-refractivity contribution in [2.45, 2.75) is 33.1 Å². The molecule has 3 rings (SSSR count). The van der Waals surface area contributed by atoms with Gasteiger partial charge in [0.15, 0.2) is 6.29 Å². The van der Waals surface area contributed by atoms with E-state index in [0.29, 0.717) is 17.4 Å². The molecule has 0 spiro atoms. The third-order valence-electron chi connectivity index (χ3n) is 6.78. The van der Waals surface area contributed by atoms with Gasteiger partial charge in [0, 0.05) is 18.2 Å². The van der Waals surface area contributed by atoms with Crippen LogP contribution in [0.3, 0.4) is 0 Å². The van der Waals surface area contributed by atoms with Crippen molar-refractivity contribution in [1.29, 1.82) is 0 Å². The molecule has 0 fully saturated rings. The van der Waals surface area contributed by atoms with Crippen molar-refractivity contribution in [3.05, 3.63) is 94.0 Å². The van der Waals surface area contributed by atoms with Gasteiger partial charge in [-0.15, -0.1) is 0 Å². The van der Waals surface area contributed by atoms with Crippen molar-refractivity contribution < 1.29 is 33.4 Å². The minimum Gasteiger partial charge on any atom is -0.423 e. The molecule has 3 aromatic carbocycles. The lowest BCUT2D eigenvalue weighted by molar-refractivity contribution is 0.0719. The van der Waals surface area contributed by atoms with E-state index in [1.165, 1.54) is 55.6 Å². The summed E-state index contributed by atoms with van der Waals surface area (Å²) in [5, 5.41) is 4.56. The van der Waals surface area contributed by atoms with E-state index in [1.807, 2.05) is 13.8 Å². The van der Waals surface area contributed by atoms with Crippen molar-refractivity contribution in [3.63, 3.8) is 0 Å². The highest BCUT2D eigenvalue weighted by Gasteiger charge is 2.22. The lowest BCUT2D eigenvalue weighted by Crippen LogP contribution is -2.23. The van der Waals surface area contributed by atoms with Gasteiger partial charge in [0.05, 0.1) is 16.7 Å². The van der Waals surface area contributed by atoms with Gasteiger partial charge in [0.1, 0.15) is 11.5 Å². The fourth-order valence-electron chi connectivity index (χ4n) is 4.04. The van der Waals surface area contributed by atoms with Crippen LogP contribution in [0.1, 0.15) is 90.5 Å². The Bertz CT molecular complexity index is 1440. The predicted molar refractivity (Wildman–Crippen MR) is 149 cm³/mol. The molecule has 2 N–H and O–H groups in total. The summed E-state index contributed by atoms with van der Waals surface area (Å²) < 4.78 is 10.9. The number of rotatable bonds is 10. The van der Waals surface area contributed by atoms with Gasteiger partial charge in [0.2, 0.25) is 13.9 Å². The van der Waals surface area contributed by atoms with E-state index >= 15 is 0 Å². The molecule has 3 aromatic rings. The number of ether oxygens (including phenoxy) is 2. The minimum absolute atomic E-state index is 0.0129. The number of esters is 2. The van der Waals surface area contributed by atoms with Crippen LogP contribution in [-0.2, 0) is 0 Å². The summed E-state index contributed by atoms with van der Waals surface area (Å²) in [5.41, 5.74) is 1.61. The SMILES string of the molecule is [B]NC(=O)c1ccc(C(=O)Oc2ccc(OC(=O)c3ccc(C=O)c(C(=O)NC)c3)cc2)cc1C(C)C(C)CC. The van der Waals surface area contributed by atoms with E-state index < -0.39 is 23.8 Å². The molecule has 2 atom stereocenters. The first-order valence-electron chi connectivity index (χ1n) is 12.6. The average molecular weight is 540 g/mol. The van der Waals surface area contributed by atoms with Crippen LogP contribution < -0.4 is 20.0 Å². The standard InChI is InChI=1S/C30H29BN2O7/c1-5-17(2)18(3)25-14-20(8-13-24(25)28(36)33-31)30(38)40-23-11-9-22(10-12-23)39-29(37)19-6-7-21(16-34)26(15-19)27(35)32-4/h6-18H,5H2,1-4H3,(H,32,35)(H,33,36). The summed E-state index contributed by atoms with van der Waals surface area (Å²) in [6, 6.07) is 14.5. The molecule has 0 aliphatic carbocycles. The fraction of sp³-hybridized carbons (Fsp3) is 0.233. The number of nitrogens with one attached hydrogen (secondary N) is 2. The molecule has 0 saturated carbocycles. The van der Waals surface area contributed by atoms with Crippen LogP contribution in [0.2, 0.25) is 0 Å². The highest BCUT2D eigenvalue weighted by Crippen LogP contribution is 2.30. The Morgan fingerprint density at radius 2 is 1.38 bits per heavy atom. The minimum atomic E-state index is -0.739. The molecular weight excluding hydrogens is 511 g/mol. The summed E-state index contributed by atoms with van der Waals surface area (Å²) >= 11 is 0. The van der Waals surface area contributed by atoms with Gasteiger partial charge in [0.25, 0.3) is 5.91 Å². The second-order valence-electron chi connectivity index (χ2n) is 9.20. The molecule has 40 heavy (non-hydrogen) atoms. The van der Waals surface area contributed by atoms with Gasteiger partial charge < -0.3 is 20.0 Å². The highest BCUT2D eigenvalue weighted by molar-refractivity contribution is 6.18. The number of carbonyl (C=O) groups is 5. The van der Waals surface area contributed by atoms with Crippen LogP contribution in [0.25, 0.3) is 0 Å². The van der Waals surface area contributed by atoms with Crippen LogP contribution in [0, 0.1) is 5.92 Å². The van der Waals surface area contributed by atoms with E-state index in [0.717, 1.165) is 6.42 Å². The first kappa shape index (κ1) is 29.8. The van der Waals surface area contributed by atoms with E-state index in [-0.39, 0.29) is 45.6 Å². The zero-order valence-electron chi connectivity index (χ0n) is 22.6. The van der Waals surface area contributed by atoms with Gasteiger partial charge >= 0.3 is 11.9 Å². The Morgan fingerprint density at radius 3 is 1.88 bits per heavy atom. The van der Waals surface area contributed by atoms with Crippen molar-refractivity contribution in [2.75, 3.05) is 7.05 Å². The smallest absolute Gasteiger partial charge is 0.343 e. The number of hydrogen-bond acceptors (Lipinski definition) is 7. The Labute approximate surface area is 233 Å². The summed E-state index contributed by atoms with van der Waals surface area (Å²) in [7, 11) is 6.76. The van der Waals surface area contributed by atoms with Crippen molar-refractivity contribution in [2.24, 2.45) is 5.92 Å². The van der Waals surface area contributed by atoms with Crippen LogP contribution in [0.4, 0.5) is 0 Å². The molecule has 0 aromatic heterocycles. The molecule has 2 radical (unpaired) electrons. The van der Waals surface area contributed by atoms with Crippen LogP contribution in [-0.4, -0.2) is 45.1 Å². The lowest BCUT2D eigenvalue weighted by Gasteiger charge is -2.22. The summed E-state index contributed by atoms with van der Waals surface area (Å²) in [6.07, 6.45) is 1.41. The molecule has 9 nitrogen and oxygen atoms in total. The third kappa shape index (κ3) is 6.82. The number of hydrogen-bond donors (Lipinski definition) is 2. The highest BCUT2D eigenvalue weighted by atomic mass is 16.5. The Morgan fingerprint density at radius 1 is 0.825 bits per heavy atom. The van der Waals surface area contributed by atoms with E-state index in [1.54, 1.807) is 12.1 Å². The van der Waals surface area contributed by atoms with Crippen molar-refractivity contribution >= 4 is 38.0 Å². The first-order valence-corrected chi connectivity index (χ1v) is 12.6. The Hall–Kier alpha value is -4.73. The molecule has 0 aliphatic rings. The van der Waals surface area contributed by atoms with Crippen molar-refractivity contribution in [3.8, 4) is 11.5 Å². The normalized spacial score (nSPS) is 12.0. The van der Waals surface area contributed by atoms with Gasteiger partial charge in [-0.2, -0.15) is 0 Å². The maximum Gasteiger partial charge on any atom is 0.343 e. The van der Waals surface area contributed by atoms with Gasteiger partial charge in [-0.25, -0.2) is 9.59 Å². The van der Waals surface area contributed by atoms with E-state index in [4.69, 9.17) is 17.5 Å². The van der Waals surface area contributed by atoms with E-state index in [9.17, 15) is 24.0 Å². The van der Waals surface area contributed by atoms with Crippen LogP contribution >= 0.6 is 0 Å². The quantitative estimate of drug-likeness (QED) is 0.170. The summed E-state index contributed by atoms with van der Waals surface area (Å²) in [4.78, 5) is 61.0. The third-order valence-corrected chi connectivity index (χ3v) is 6.78. The number of amides is 2. The van der Waals surface area contributed by atoms with Crippen molar-refractivity contribution in [1.82, 2.24) is 10.5 Å². The predicted octanol–water partition coefficient (Wildman–Crippen LogP) is 4.26. The second kappa shape index (κ2) is 13.4.